The number of ether oxygens (including phenoxy) is 1. The molecule has 23 heavy (non-hydrogen) atoms. The lowest BCUT2D eigenvalue weighted by Crippen LogP contribution is -2.27. The van der Waals surface area contributed by atoms with Gasteiger partial charge in [0, 0.05) is 11.4 Å². The average Bonchev–Trinajstić information content (AvgIpc) is 2.57. The number of amides is 1. The number of hydrogen-bond donors (Lipinski definition) is 1. The van der Waals surface area contributed by atoms with Crippen molar-refractivity contribution in [3.63, 3.8) is 0 Å². The van der Waals surface area contributed by atoms with E-state index in [1.165, 1.54) is 11.3 Å². The van der Waals surface area contributed by atoms with Crippen LogP contribution in [0.1, 0.15) is 35.2 Å². The summed E-state index contributed by atoms with van der Waals surface area (Å²) in [5.74, 6) is 0.598. The Morgan fingerprint density at radius 3 is 2.57 bits per heavy atom. The van der Waals surface area contributed by atoms with E-state index >= 15 is 0 Å². The van der Waals surface area contributed by atoms with E-state index in [-0.39, 0.29) is 12.0 Å². The summed E-state index contributed by atoms with van der Waals surface area (Å²) in [6.45, 7) is 0.519. The van der Waals surface area contributed by atoms with Gasteiger partial charge in [0.05, 0.1) is 11.7 Å². The number of rotatable bonds is 6. The van der Waals surface area contributed by atoms with Gasteiger partial charge in [0.25, 0.3) is 5.91 Å². The van der Waals surface area contributed by atoms with Crippen LogP contribution in [-0.2, 0) is 6.54 Å². The highest BCUT2D eigenvalue weighted by atomic mass is 32.2. The first-order valence-electron chi connectivity index (χ1n) is 7.93. The Morgan fingerprint density at radius 1 is 1.17 bits per heavy atom. The molecular weight excluding hydrogens is 306 g/mol. The first-order chi connectivity index (χ1) is 11.3. The van der Waals surface area contributed by atoms with Crippen LogP contribution in [0.2, 0.25) is 0 Å². The molecule has 0 spiro atoms. The predicted octanol–water partition coefficient (Wildman–Crippen LogP) is 4.27. The molecule has 0 aliphatic heterocycles. The number of thioether (sulfide) groups is 1. The number of hydrogen-bond acceptors (Lipinski definition) is 3. The van der Waals surface area contributed by atoms with E-state index in [1.807, 2.05) is 36.4 Å². The molecule has 1 aliphatic rings. The van der Waals surface area contributed by atoms with Crippen molar-refractivity contribution in [2.24, 2.45) is 0 Å². The Balaban J connectivity index is 1.63. The largest absolute Gasteiger partial charge is 0.490 e. The first-order valence-corrected chi connectivity index (χ1v) is 9.15. The molecule has 0 bridgehead atoms. The fourth-order valence-electron chi connectivity index (χ4n) is 2.45. The second-order valence-corrected chi connectivity index (χ2v) is 6.58. The first kappa shape index (κ1) is 15.9. The molecule has 4 heteroatoms. The van der Waals surface area contributed by atoms with Crippen molar-refractivity contribution in [3.8, 4) is 5.75 Å². The van der Waals surface area contributed by atoms with Gasteiger partial charge < -0.3 is 10.1 Å². The summed E-state index contributed by atoms with van der Waals surface area (Å²) in [4.78, 5) is 13.7. The Bertz CT molecular complexity index is 665. The Labute approximate surface area is 141 Å². The van der Waals surface area contributed by atoms with Gasteiger partial charge in [0.1, 0.15) is 5.75 Å². The van der Waals surface area contributed by atoms with Crippen molar-refractivity contribution >= 4 is 17.7 Å². The smallest absolute Gasteiger partial charge is 0.255 e. The van der Waals surface area contributed by atoms with Gasteiger partial charge in [-0.1, -0.05) is 24.3 Å². The van der Waals surface area contributed by atoms with Crippen LogP contribution in [0.15, 0.2) is 53.4 Å². The van der Waals surface area contributed by atoms with E-state index < -0.39 is 0 Å². The molecular formula is C19H21NO2S. The second-order valence-electron chi connectivity index (χ2n) is 5.70. The number of benzene rings is 2. The lowest BCUT2D eigenvalue weighted by Gasteiger charge is -2.27. The highest BCUT2D eigenvalue weighted by Crippen LogP contribution is 2.27. The van der Waals surface area contributed by atoms with Gasteiger partial charge >= 0.3 is 0 Å². The molecule has 0 atom stereocenters. The quantitative estimate of drug-likeness (QED) is 0.805. The van der Waals surface area contributed by atoms with Gasteiger partial charge in [-0.15, -0.1) is 11.8 Å². The maximum Gasteiger partial charge on any atom is 0.255 e. The standard InChI is InChI=1S/C19H21NO2S/c1-23-16-11-9-14(10-12-16)13-20-19(21)17-7-2-3-8-18(17)22-15-5-4-6-15/h2-3,7-12,15H,4-6,13H2,1H3,(H,20,21). The van der Waals surface area contributed by atoms with E-state index in [4.69, 9.17) is 4.74 Å². The summed E-state index contributed by atoms with van der Waals surface area (Å²) >= 11 is 1.71. The fourth-order valence-corrected chi connectivity index (χ4v) is 2.85. The van der Waals surface area contributed by atoms with Crippen LogP contribution in [0.5, 0.6) is 5.75 Å². The van der Waals surface area contributed by atoms with E-state index in [1.54, 1.807) is 11.8 Å². The number of carbonyl (C=O) groups is 1. The highest BCUT2D eigenvalue weighted by molar-refractivity contribution is 7.98. The molecule has 1 saturated carbocycles. The highest BCUT2D eigenvalue weighted by Gasteiger charge is 2.21. The van der Waals surface area contributed by atoms with Crippen LogP contribution >= 0.6 is 11.8 Å². The number of carbonyl (C=O) groups excluding carboxylic acids is 1. The zero-order valence-corrected chi connectivity index (χ0v) is 14.1. The normalized spacial score (nSPS) is 14.1. The third-order valence-electron chi connectivity index (χ3n) is 4.09. The maximum absolute atomic E-state index is 12.5. The van der Waals surface area contributed by atoms with Crippen LogP contribution in [0.4, 0.5) is 0 Å². The molecule has 1 fully saturated rings. The summed E-state index contributed by atoms with van der Waals surface area (Å²) in [7, 11) is 0. The molecule has 2 aromatic carbocycles. The SMILES string of the molecule is CSc1ccc(CNC(=O)c2ccccc2OC2CCC2)cc1. The molecule has 2 aromatic rings. The molecule has 120 valence electrons. The molecule has 1 amide bonds. The molecule has 1 aliphatic carbocycles. The number of nitrogens with one attached hydrogen (secondary N) is 1. The summed E-state index contributed by atoms with van der Waals surface area (Å²) < 4.78 is 5.92. The maximum atomic E-state index is 12.5. The third kappa shape index (κ3) is 4.08. The molecule has 1 N–H and O–H groups in total. The Hall–Kier alpha value is -1.94. The minimum atomic E-state index is -0.0890. The van der Waals surface area contributed by atoms with E-state index in [0.717, 1.165) is 18.4 Å². The van der Waals surface area contributed by atoms with Gasteiger partial charge in [-0.3, -0.25) is 4.79 Å². The van der Waals surface area contributed by atoms with E-state index in [2.05, 4.69) is 23.7 Å². The topological polar surface area (TPSA) is 38.3 Å². The molecule has 0 unspecified atom stereocenters. The molecule has 3 nitrogen and oxygen atoms in total. The molecule has 0 saturated heterocycles. The van der Waals surface area contributed by atoms with Crippen molar-refractivity contribution in [3.05, 3.63) is 59.7 Å². The van der Waals surface area contributed by atoms with Crippen molar-refractivity contribution in [1.82, 2.24) is 5.32 Å². The fraction of sp³-hybridized carbons (Fsp3) is 0.316. The van der Waals surface area contributed by atoms with Crippen molar-refractivity contribution in [2.75, 3.05) is 6.26 Å². The van der Waals surface area contributed by atoms with Crippen molar-refractivity contribution in [1.29, 1.82) is 0 Å². The monoisotopic (exact) mass is 327 g/mol. The lowest BCUT2D eigenvalue weighted by atomic mass is 9.96. The van der Waals surface area contributed by atoms with Gasteiger partial charge in [-0.2, -0.15) is 0 Å². The van der Waals surface area contributed by atoms with Crippen LogP contribution in [0, 0.1) is 0 Å². The molecule has 0 radical (unpaired) electrons. The van der Waals surface area contributed by atoms with Crippen LogP contribution < -0.4 is 10.1 Å². The van der Waals surface area contributed by atoms with Crippen molar-refractivity contribution < 1.29 is 9.53 Å². The van der Waals surface area contributed by atoms with Gasteiger partial charge in [-0.25, -0.2) is 0 Å². The molecule has 3 rings (SSSR count). The third-order valence-corrected chi connectivity index (χ3v) is 4.83. The van der Waals surface area contributed by atoms with Crippen LogP contribution in [0.3, 0.4) is 0 Å². The predicted molar refractivity (Wildman–Crippen MR) is 94.1 cm³/mol. The van der Waals surface area contributed by atoms with Crippen molar-refractivity contribution in [2.45, 2.75) is 36.8 Å². The van der Waals surface area contributed by atoms with Gasteiger partial charge in [0.15, 0.2) is 0 Å². The zero-order chi connectivity index (χ0) is 16.1. The van der Waals surface area contributed by atoms with Crippen LogP contribution in [-0.4, -0.2) is 18.3 Å². The number of para-hydroxylation sites is 1. The average molecular weight is 327 g/mol. The molecule has 0 aromatic heterocycles. The van der Waals surface area contributed by atoms with Crippen LogP contribution in [0.25, 0.3) is 0 Å². The summed E-state index contributed by atoms with van der Waals surface area (Å²) in [5.41, 5.74) is 1.70. The summed E-state index contributed by atoms with van der Waals surface area (Å²) in [6, 6.07) is 15.7. The Kier molecular flexibility index (Phi) is 5.23. The summed E-state index contributed by atoms with van der Waals surface area (Å²) in [6.07, 6.45) is 5.69. The lowest BCUT2D eigenvalue weighted by molar-refractivity contribution is 0.0925. The minimum Gasteiger partial charge on any atom is -0.490 e. The van der Waals surface area contributed by atoms with Gasteiger partial charge in [0.2, 0.25) is 0 Å². The zero-order valence-electron chi connectivity index (χ0n) is 13.2. The minimum absolute atomic E-state index is 0.0890. The van der Waals surface area contributed by atoms with Gasteiger partial charge in [-0.05, 0) is 55.3 Å². The molecule has 0 heterocycles. The van der Waals surface area contributed by atoms with E-state index in [0.29, 0.717) is 17.9 Å². The Morgan fingerprint density at radius 2 is 1.91 bits per heavy atom. The van der Waals surface area contributed by atoms with E-state index in [9.17, 15) is 4.79 Å². The summed E-state index contributed by atoms with van der Waals surface area (Å²) in [5, 5.41) is 2.98. The second kappa shape index (κ2) is 7.55.